The monoisotopic (exact) mass is 314 g/mol. The van der Waals surface area contributed by atoms with E-state index in [4.69, 9.17) is 15.2 Å². The molecular formula is C16H30N2O4. The third kappa shape index (κ3) is 4.59. The number of hydrogen-bond donors (Lipinski definition) is 1. The molecule has 1 heterocycles. The highest BCUT2D eigenvalue weighted by Crippen LogP contribution is 2.31. The number of carbonyl (C=O) groups excluding carboxylic acids is 2. The minimum Gasteiger partial charge on any atom is -0.353 e. The van der Waals surface area contributed by atoms with Crippen LogP contribution in [0.3, 0.4) is 0 Å². The van der Waals surface area contributed by atoms with Crippen LogP contribution in [0.5, 0.6) is 0 Å². The van der Waals surface area contributed by atoms with Crippen molar-refractivity contribution >= 4 is 11.6 Å². The van der Waals surface area contributed by atoms with E-state index in [0.29, 0.717) is 26.1 Å². The van der Waals surface area contributed by atoms with Gasteiger partial charge in [0.15, 0.2) is 12.1 Å². The van der Waals surface area contributed by atoms with Crippen LogP contribution in [-0.4, -0.2) is 61.1 Å². The van der Waals surface area contributed by atoms with Crippen molar-refractivity contribution in [1.29, 1.82) is 0 Å². The second kappa shape index (κ2) is 8.72. The Morgan fingerprint density at radius 3 is 2.45 bits per heavy atom. The quantitative estimate of drug-likeness (QED) is 0.639. The minimum atomic E-state index is -0.588. The van der Waals surface area contributed by atoms with Crippen LogP contribution >= 0.6 is 0 Å². The Bertz CT molecular complexity index is 388. The molecule has 1 aliphatic rings. The van der Waals surface area contributed by atoms with Crippen LogP contribution in [0.2, 0.25) is 0 Å². The number of likely N-dealkylation sites (N-methyl/N-ethyl adjacent to an activating group) is 1. The van der Waals surface area contributed by atoms with Crippen molar-refractivity contribution in [1.82, 2.24) is 4.90 Å². The van der Waals surface area contributed by atoms with Gasteiger partial charge in [0, 0.05) is 25.0 Å². The molecule has 0 amide bonds. The van der Waals surface area contributed by atoms with Crippen molar-refractivity contribution in [2.24, 2.45) is 11.7 Å². The molecule has 5 atom stereocenters. The van der Waals surface area contributed by atoms with Gasteiger partial charge in [-0.2, -0.15) is 0 Å². The Morgan fingerprint density at radius 2 is 1.95 bits per heavy atom. The molecule has 2 N–H and O–H groups in total. The van der Waals surface area contributed by atoms with Crippen molar-refractivity contribution in [3.63, 3.8) is 0 Å². The molecule has 0 aromatic rings. The molecule has 0 aromatic heterocycles. The second-order valence-corrected chi connectivity index (χ2v) is 5.98. The lowest BCUT2D eigenvalue weighted by Crippen LogP contribution is -2.52. The summed E-state index contributed by atoms with van der Waals surface area (Å²) < 4.78 is 11.1. The largest absolute Gasteiger partial charge is 0.353 e. The summed E-state index contributed by atoms with van der Waals surface area (Å²) in [6.07, 6.45) is 0.768. The third-order valence-corrected chi connectivity index (χ3v) is 4.47. The Labute approximate surface area is 133 Å². The lowest BCUT2D eigenvalue weighted by atomic mass is 9.91. The van der Waals surface area contributed by atoms with Crippen LogP contribution in [0.25, 0.3) is 0 Å². The molecular weight excluding hydrogens is 284 g/mol. The van der Waals surface area contributed by atoms with Gasteiger partial charge < -0.3 is 15.2 Å². The highest BCUT2D eigenvalue weighted by molar-refractivity contribution is 5.85. The van der Waals surface area contributed by atoms with E-state index in [1.54, 1.807) is 6.92 Å². The van der Waals surface area contributed by atoms with Gasteiger partial charge in [-0.15, -0.1) is 0 Å². The van der Waals surface area contributed by atoms with Gasteiger partial charge in [0.2, 0.25) is 0 Å². The molecule has 0 spiro atoms. The summed E-state index contributed by atoms with van der Waals surface area (Å²) in [5, 5.41) is 0. The fourth-order valence-corrected chi connectivity index (χ4v) is 3.27. The first-order valence-corrected chi connectivity index (χ1v) is 8.07. The molecule has 6 nitrogen and oxygen atoms in total. The van der Waals surface area contributed by atoms with E-state index in [-0.39, 0.29) is 35.9 Å². The van der Waals surface area contributed by atoms with Gasteiger partial charge in [0.1, 0.15) is 5.78 Å². The first-order chi connectivity index (χ1) is 10.3. The predicted molar refractivity (Wildman–Crippen MR) is 84.4 cm³/mol. The first-order valence-electron chi connectivity index (χ1n) is 8.07. The molecule has 1 aliphatic heterocycles. The van der Waals surface area contributed by atoms with Crippen LogP contribution < -0.4 is 5.73 Å². The fraction of sp³-hybridized carbons (Fsp3) is 0.875. The number of likely N-dealkylation sites (tertiary alicyclic amines) is 1. The van der Waals surface area contributed by atoms with E-state index in [2.05, 4.69) is 0 Å². The van der Waals surface area contributed by atoms with Gasteiger partial charge in [0.05, 0.1) is 18.7 Å². The molecule has 0 bridgehead atoms. The maximum absolute atomic E-state index is 12.0. The number of hydrogen-bond acceptors (Lipinski definition) is 6. The highest BCUT2D eigenvalue weighted by atomic mass is 16.7. The van der Waals surface area contributed by atoms with Crippen molar-refractivity contribution in [2.45, 2.75) is 65.0 Å². The first kappa shape index (κ1) is 19.2. The Morgan fingerprint density at radius 1 is 1.32 bits per heavy atom. The molecule has 0 radical (unpaired) electrons. The normalized spacial score (nSPS) is 28.5. The zero-order chi connectivity index (χ0) is 16.9. The number of ether oxygens (including phenoxy) is 2. The molecule has 0 aromatic carbocycles. The number of nitrogens with zero attached hydrogens (tertiary/aromatic N) is 1. The van der Waals surface area contributed by atoms with E-state index in [0.717, 1.165) is 0 Å². The maximum atomic E-state index is 12.0. The van der Waals surface area contributed by atoms with Crippen LogP contribution in [-0.2, 0) is 19.1 Å². The summed E-state index contributed by atoms with van der Waals surface area (Å²) >= 11 is 0. The number of Topliss-reactive ketones (excluding diaryl/α,β-unsaturated/α-hetero) is 2. The van der Waals surface area contributed by atoms with Crippen molar-refractivity contribution in [3.05, 3.63) is 0 Å². The van der Waals surface area contributed by atoms with Crippen LogP contribution in [0.4, 0.5) is 0 Å². The van der Waals surface area contributed by atoms with Crippen molar-refractivity contribution in [3.8, 4) is 0 Å². The van der Waals surface area contributed by atoms with Crippen molar-refractivity contribution < 1.29 is 19.1 Å². The lowest BCUT2D eigenvalue weighted by Gasteiger charge is -2.31. The number of rotatable bonds is 9. The van der Waals surface area contributed by atoms with E-state index >= 15 is 0 Å². The third-order valence-electron chi connectivity index (χ3n) is 4.47. The Kier molecular flexibility index (Phi) is 7.62. The molecule has 0 aliphatic carbocycles. The van der Waals surface area contributed by atoms with Gasteiger partial charge in [-0.25, -0.2) is 0 Å². The zero-order valence-electron chi connectivity index (χ0n) is 14.4. The molecule has 1 saturated heterocycles. The van der Waals surface area contributed by atoms with E-state index in [9.17, 15) is 9.59 Å². The minimum absolute atomic E-state index is 0.0175. The zero-order valence-corrected chi connectivity index (χ0v) is 14.4. The van der Waals surface area contributed by atoms with Crippen LogP contribution in [0.15, 0.2) is 0 Å². The summed E-state index contributed by atoms with van der Waals surface area (Å²) in [6.45, 7) is 8.16. The second-order valence-electron chi connectivity index (χ2n) is 5.98. The Hall–Kier alpha value is -0.820. The molecule has 1 fully saturated rings. The van der Waals surface area contributed by atoms with Gasteiger partial charge in [0.25, 0.3) is 0 Å². The smallest absolute Gasteiger partial charge is 0.154 e. The highest BCUT2D eigenvalue weighted by Gasteiger charge is 2.45. The topological polar surface area (TPSA) is 81.9 Å². The molecule has 6 heteroatoms. The average Bonchev–Trinajstić information content (AvgIpc) is 2.80. The summed E-state index contributed by atoms with van der Waals surface area (Å²) in [5.74, 6) is 0.167. The van der Waals surface area contributed by atoms with Gasteiger partial charge in [-0.3, -0.25) is 14.5 Å². The molecule has 0 saturated carbocycles. The molecule has 128 valence electrons. The number of ketones is 2. The van der Waals surface area contributed by atoms with E-state index in [1.165, 1.54) is 0 Å². The lowest BCUT2D eigenvalue weighted by molar-refractivity contribution is -0.138. The molecule has 1 rings (SSSR count). The Balaban J connectivity index is 2.81. The van der Waals surface area contributed by atoms with Gasteiger partial charge in [-0.05, 0) is 34.2 Å². The molecule has 22 heavy (non-hydrogen) atoms. The van der Waals surface area contributed by atoms with Gasteiger partial charge in [-0.1, -0.05) is 6.92 Å². The van der Waals surface area contributed by atoms with Crippen molar-refractivity contribution in [2.75, 3.05) is 20.3 Å². The average molecular weight is 314 g/mol. The van der Waals surface area contributed by atoms with Crippen LogP contribution in [0, 0.1) is 5.92 Å². The summed E-state index contributed by atoms with van der Waals surface area (Å²) in [6, 6.07) is -0.956. The summed E-state index contributed by atoms with van der Waals surface area (Å²) in [5.41, 5.74) is 6.15. The van der Waals surface area contributed by atoms with E-state index in [1.807, 2.05) is 32.7 Å². The van der Waals surface area contributed by atoms with E-state index < -0.39 is 6.04 Å². The SMILES string of the molecule is CCOC(C)OC[C@@H]1C[C@H](C(C)=O)N(C)[C@H]1C(N)C(=O)CC. The van der Waals surface area contributed by atoms with Gasteiger partial charge >= 0.3 is 0 Å². The number of nitrogens with two attached hydrogens (primary N) is 1. The standard InChI is InChI=1S/C16H30N2O4/c1-6-14(20)15(17)16-12(9-22-11(4)21-7-2)8-13(10(3)19)18(16)5/h11-13,15-16H,6-9,17H2,1-5H3/t11?,12-,13+,15?,16+/m0/s1. The summed E-state index contributed by atoms with van der Waals surface area (Å²) in [7, 11) is 1.87. The fourth-order valence-electron chi connectivity index (χ4n) is 3.27. The number of carbonyl (C=O) groups is 2. The van der Waals surface area contributed by atoms with Crippen LogP contribution in [0.1, 0.15) is 40.5 Å². The summed E-state index contributed by atoms with van der Waals surface area (Å²) in [4.78, 5) is 25.8. The predicted octanol–water partition coefficient (Wildman–Crippen LogP) is 0.970. The molecule has 2 unspecified atom stereocenters. The maximum Gasteiger partial charge on any atom is 0.154 e.